The minimum absolute atomic E-state index is 0.214. The molecule has 2 N–H and O–H groups in total. The van der Waals surface area contributed by atoms with Gasteiger partial charge in [0.25, 0.3) is 0 Å². The lowest BCUT2D eigenvalue weighted by molar-refractivity contribution is -0.134. The van der Waals surface area contributed by atoms with Gasteiger partial charge in [-0.15, -0.1) is 0 Å². The number of aryl methyl sites for hydroxylation is 1. The van der Waals surface area contributed by atoms with Gasteiger partial charge in [0.2, 0.25) is 5.91 Å². The van der Waals surface area contributed by atoms with E-state index >= 15 is 0 Å². The van der Waals surface area contributed by atoms with Gasteiger partial charge in [0.15, 0.2) is 11.5 Å². The molecule has 0 bridgehead atoms. The zero-order valence-electron chi connectivity index (χ0n) is 15.2. The number of benzene rings is 2. The lowest BCUT2D eigenvalue weighted by atomic mass is 10.1. The van der Waals surface area contributed by atoms with Crippen molar-refractivity contribution in [3.8, 4) is 11.5 Å². The van der Waals surface area contributed by atoms with Gasteiger partial charge < -0.3 is 19.9 Å². The van der Waals surface area contributed by atoms with Crippen molar-refractivity contribution in [1.29, 1.82) is 0 Å². The summed E-state index contributed by atoms with van der Waals surface area (Å²) in [6.45, 7) is 3.66. The average Bonchev–Trinajstić information content (AvgIpc) is 2.59. The lowest BCUT2D eigenvalue weighted by Crippen LogP contribution is -2.24. The molecule has 7 heteroatoms. The molecule has 142 valence electrons. The third-order valence-corrected chi connectivity index (χ3v) is 4.37. The largest absolute Gasteiger partial charge is 0.493 e. The van der Waals surface area contributed by atoms with Crippen LogP contribution in [0.3, 0.4) is 0 Å². The van der Waals surface area contributed by atoms with Gasteiger partial charge in [0.05, 0.1) is 10.7 Å². The fourth-order valence-electron chi connectivity index (χ4n) is 2.43. The van der Waals surface area contributed by atoms with E-state index < -0.39 is 11.9 Å². The number of nitrogens with one attached hydrogen (secondary N) is 1. The Hall–Kier alpha value is -2.55. The third kappa shape index (κ3) is 5.99. The summed E-state index contributed by atoms with van der Waals surface area (Å²) in [6.07, 6.45) is 1.37. The Bertz CT molecular complexity index is 892. The standard InChI is InChI=1S/C20H20INO5/c1-12-5-4-6-14(7-12)11-27-19-16(21)8-15(10-18(19)26-3)9-17(20(24)25)22-13(2)23/h4-10H,11H2,1-3H3,(H,22,23)(H,24,25)/b17-9+. The Kier molecular flexibility index (Phi) is 7.23. The number of carboxylic acid groups (broad SMARTS) is 1. The first-order valence-corrected chi connectivity index (χ1v) is 9.16. The van der Waals surface area contributed by atoms with Crippen LogP contribution in [0.1, 0.15) is 23.6 Å². The Morgan fingerprint density at radius 1 is 1.26 bits per heavy atom. The topological polar surface area (TPSA) is 84.9 Å². The maximum absolute atomic E-state index is 11.3. The van der Waals surface area contributed by atoms with Crippen LogP contribution in [0.4, 0.5) is 0 Å². The van der Waals surface area contributed by atoms with Gasteiger partial charge in [-0.3, -0.25) is 4.79 Å². The highest BCUT2D eigenvalue weighted by Gasteiger charge is 2.14. The zero-order chi connectivity index (χ0) is 20.0. The zero-order valence-corrected chi connectivity index (χ0v) is 17.4. The van der Waals surface area contributed by atoms with Gasteiger partial charge >= 0.3 is 5.97 Å². The van der Waals surface area contributed by atoms with Gasteiger partial charge in [-0.2, -0.15) is 0 Å². The summed E-state index contributed by atoms with van der Waals surface area (Å²) in [5, 5.41) is 11.5. The highest BCUT2D eigenvalue weighted by molar-refractivity contribution is 14.1. The van der Waals surface area contributed by atoms with Crippen molar-refractivity contribution in [2.75, 3.05) is 7.11 Å². The number of carboxylic acids is 1. The highest BCUT2D eigenvalue weighted by atomic mass is 127. The minimum atomic E-state index is -1.22. The molecule has 0 atom stereocenters. The van der Waals surface area contributed by atoms with Crippen molar-refractivity contribution < 1.29 is 24.2 Å². The number of aliphatic carboxylic acids is 1. The van der Waals surface area contributed by atoms with Crippen molar-refractivity contribution in [2.24, 2.45) is 0 Å². The summed E-state index contributed by atoms with van der Waals surface area (Å²) in [5.41, 5.74) is 2.55. The van der Waals surface area contributed by atoms with Crippen LogP contribution in [-0.2, 0) is 16.2 Å². The molecule has 0 saturated carbocycles. The van der Waals surface area contributed by atoms with E-state index in [0.29, 0.717) is 23.7 Å². The molecule has 1 amide bonds. The van der Waals surface area contributed by atoms with E-state index in [1.807, 2.05) is 31.2 Å². The summed E-state index contributed by atoms with van der Waals surface area (Å²) in [4.78, 5) is 22.5. The summed E-state index contributed by atoms with van der Waals surface area (Å²) in [7, 11) is 1.52. The second kappa shape index (κ2) is 9.40. The number of hydrogen-bond donors (Lipinski definition) is 2. The van der Waals surface area contributed by atoms with Crippen molar-refractivity contribution in [3.63, 3.8) is 0 Å². The molecule has 6 nitrogen and oxygen atoms in total. The maximum Gasteiger partial charge on any atom is 0.352 e. The molecule has 0 heterocycles. The molecule has 2 rings (SSSR count). The van der Waals surface area contributed by atoms with Gasteiger partial charge in [-0.25, -0.2) is 4.79 Å². The number of rotatable bonds is 7. The van der Waals surface area contributed by atoms with Crippen LogP contribution in [0.5, 0.6) is 11.5 Å². The van der Waals surface area contributed by atoms with Gasteiger partial charge in [-0.1, -0.05) is 29.8 Å². The lowest BCUT2D eigenvalue weighted by Gasteiger charge is -2.14. The van der Waals surface area contributed by atoms with Crippen LogP contribution < -0.4 is 14.8 Å². The smallest absolute Gasteiger partial charge is 0.352 e. The Labute approximate surface area is 171 Å². The van der Waals surface area contributed by atoms with Crippen LogP contribution in [0.2, 0.25) is 0 Å². The molecule has 27 heavy (non-hydrogen) atoms. The quantitative estimate of drug-likeness (QED) is 0.465. The van der Waals surface area contributed by atoms with Crippen LogP contribution in [0.25, 0.3) is 6.08 Å². The molecule has 0 aliphatic rings. The number of amides is 1. The first-order chi connectivity index (χ1) is 12.8. The molecule has 0 radical (unpaired) electrons. The van der Waals surface area contributed by atoms with Gasteiger partial charge in [-0.05, 0) is 58.9 Å². The highest BCUT2D eigenvalue weighted by Crippen LogP contribution is 2.35. The van der Waals surface area contributed by atoms with Crippen molar-refractivity contribution in [2.45, 2.75) is 20.5 Å². The first kappa shape index (κ1) is 20.8. The van der Waals surface area contributed by atoms with Crippen LogP contribution in [-0.4, -0.2) is 24.1 Å². The molecule has 2 aromatic rings. The summed E-state index contributed by atoms with van der Waals surface area (Å²) in [6, 6.07) is 11.4. The molecule has 0 saturated heterocycles. The number of carbonyl (C=O) groups is 2. The van der Waals surface area contributed by atoms with Gasteiger partial charge in [0.1, 0.15) is 12.3 Å². The molecule has 0 aliphatic carbocycles. The summed E-state index contributed by atoms with van der Waals surface area (Å²) >= 11 is 2.10. The Balaban J connectivity index is 2.30. The monoisotopic (exact) mass is 481 g/mol. The molecule has 0 spiro atoms. The number of halogens is 1. The van der Waals surface area contributed by atoms with E-state index in [1.54, 1.807) is 12.1 Å². The molecule has 0 unspecified atom stereocenters. The van der Waals surface area contributed by atoms with E-state index in [0.717, 1.165) is 14.7 Å². The summed E-state index contributed by atoms with van der Waals surface area (Å²) in [5.74, 6) is -0.621. The Morgan fingerprint density at radius 3 is 2.59 bits per heavy atom. The van der Waals surface area contributed by atoms with Crippen LogP contribution >= 0.6 is 22.6 Å². The van der Waals surface area contributed by atoms with Crippen molar-refractivity contribution in [1.82, 2.24) is 5.32 Å². The number of carbonyl (C=O) groups excluding carboxylic acids is 1. The number of ether oxygens (including phenoxy) is 2. The second-order valence-electron chi connectivity index (χ2n) is 5.86. The molecule has 0 aromatic heterocycles. The fourth-order valence-corrected chi connectivity index (χ4v) is 3.21. The maximum atomic E-state index is 11.3. The minimum Gasteiger partial charge on any atom is -0.493 e. The number of hydrogen-bond acceptors (Lipinski definition) is 4. The second-order valence-corrected chi connectivity index (χ2v) is 7.02. The van der Waals surface area contributed by atoms with Crippen molar-refractivity contribution in [3.05, 3.63) is 62.4 Å². The molecule has 2 aromatic carbocycles. The Morgan fingerprint density at radius 2 is 2.00 bits per heavy atom. The van der Waals surface area contributed by atoms with E-state index in [2.05, 4.69) is 27.9 Å². The van der Waals surface area contributed by atoms with E-state index in [9.17, 15) is 14.7 Å². The molecule has 0 fully saturated rings. The molecular formula is C20H20INO5. The molecular weight excluding hydrogens is 461 g/mol. The number of methoxy groups -OCH3 is 1. The SMILES string of the molecule is COc1cc(/C=C(/NC(C)=O)C(=O)O)cc(I)c1OCc1cccc(C)c1. The van der Waals surface area contributed by atoms with E-state index in [1.165, 1.54) is 20.1 Å². The van der Waals surface area contributed by atoms with E-state index in [4.69, 9.17) is 9.47 Å². The first-order valence-electron chi connectivity index (χ1n) is 8.08. The fraction of sp³-hybridized carbons (Fsp3) is 0.200. The average molecular weight is 481 g/mol. The molecule has 0 aliphatic heterocycles. The predicted octanol–water partition coefficient (Wildman–Crippen LogP) is 3.75. The third-order valence-electron chi connectivity index (χ3n) is 3.57. The predicted molar refractivity (Wildman–Crippen MR) is 111 cm³/mol. The normalized spacial score (nSPS) is 11.0. The summed E-state index contributed by atoms with van der Waals surface area (Å²) < 4.78 is 12.1. The van der Waals surface area contributed by atoms with Crippen LogP contribution in [0.15, 0.2) is 42.1 Å². The van der Waals surface area contributed by atoms with Crippen LogP contribution in [0, 0.1) is 10.5 Å². The van der Waals surface area contributed by atoms with Crippen molar-refractivity contribution >= 4 is 40.5 Å². The van der Waals surface area contributed by atoms with Gasteiger partial charge in [0, 0.05) is 6.92 Å². The van der Waals surface area contributed by atoms with E-state index in [-0.39, 0.29) is 5.70 Å².